The summed E-state index contributed by atoms with van der Waals surface area (Å²) in [5.41, 5.74) is 0. The summed E-state index contributed by atoms with van der Waals surface area (Å²) in [6, 6.07) is 0.264. The van der Waals surface area contributed by atoms with Crippen LogP contribution in [0.25, 0.3) is 0 Å². The number of hydrogen-bond donors (Lipinski definition) is 1. The zero-order chi connectivity index (χ0) is 15.1. The molecular weight excluding hydrogens is 264 g/mol. The standard InChI is InChI=1S/C17H30N2O2/c1-2-16(20)18-15-10-12-19(13-11-15)17(21)9-8-14-6-4-3-5-7-14/h14-15H,2-13H2,1H3,(H,18,20). The molecule has 0 unspecified atom stereocenters. The number of carbonyl (C=O) groups excluding carboxylic acids is 2. The molecule has 2 amide bonds. The van der Waals surface area contributed by atoms with E-state index >= 15 is 0 Å². The first-order valence-corrected chi connectivity index (χ1v) is 8.76. The third kappa shape index (κ3) is 5.33. The third-order valence-electron chi connectivity index (χ3n) is 5.03. The summed E-state index contributed by atoms with van der Waals surface area (Å²) in [6.07, 6.45) is 10.9. The van der Waals surface area contributed by atoms with Crippen molar-refractivity contribution in [3.05, 3.63) is 0 Å². The normalized spacial score (nSPS) is 21.3. The van der Waals surface area contributed by atoms with Gasteiger partial charge in [-0.1, -0.05) is 39.0 Å². The molecule has 0 aromatic heterocycles. The van der Waals surface area contributed by atoms with Crippen LogP contribution in [0, 0.1) is 5.92 Å². The molecule has 1 aliphatic heterocycles. The number of amides is 2. The first kappa shape index (κ1) is 16.3. The van der Waals surface area contributed by atoms with E-state index in [9.17, 15) is 9.59 Å². The molecule has 4 heteroatoms. The minimum Gasteiger partial charge on any atom is -0.353 e. The van der Waals surface area contributed by atoms with Gasteiger partial charge in [0, 0.05) is 32.0 Å². The van der Waals surface area contributed by atoms with E-state index < -0.39 is 0 Å². The van der Waals surface area contributed by atoms with Crippen molar-refractivity contribution in [3.8, 4) is 0 Å². The lowest BCUT2D eigenvalue weighted by Gasteiger charge is -2.33. The van der Waals surface area contributed by atoms with Crippen LogP contribution in [0.15, 0.2) is 0 Å². The molecule has 1 aliphatic carbocycles. The Kier molecular flexibility index (Phi) is 6.52. The summed E-state index contributed by atoms with van der Waals surface area (Å²) < 4.78 is 0. The van der Waals surface area contributed by atoms with Crippen molar-refractivity contribution in [3.63, 3.8) is 0 Å². The second-order valence-corrected chi connectivity index (χ2v) is 6.62. The van der Waals surface area contributed by atoms with Crippen LogP contribution >= 0.6 is 0 Å². The van der Waals surface area contributed by atoms with Crippen LogP contribution in [0.1, 0.15) is 71.1 Å². The predicted octanol–water partition coefficient (Wildman–Crippen LogP) is 2.86. The number of piperidine rings is 1. The van der Waals surface area contributed by atoms with Gasteiger partial charge in [-0.2, -0.15) is 0 Å². The highest BCUT2D eigenvalue weighted by Crippen LogP contribution is 2.27. The molecule has 0 spiro atoms. The Labute approximate surface area is 128 Å². The Hall–Kier alpha value is -1.06. The summed E-state index contributed by atoms with van der Waals surface area (Å²) in [6.45, 7) is 3.48. The Morgan fingerprint density at radius 1 is 1.05 bits per heavy atom. The summed E-state index contributed by atoms with van der Waals surface area (Å²) >= 11 is 0. The summed E-state index contributed by atoms with van der Waals surface area (Å²) in [4.78, 5) is 25.6. The molecule has 4 nitrogen and oxygen atoms in total. The van der Waals surface area contributed by atoms with Crippen molar-refractivity contribution in [2.24, 2.45) is 5.92 Å². The zero-order valence-corrected chi connectivity index (χ0v) is 13.4. The van der Waals surface area contributed by atoms with Crippen molar-refractivity contribution in [2.75, 3.05) is 13.1 Å². The molecular formula is C17H30N2O2. The molecule has 21 heavy (non-hydrogen) atoms. The Balaban J connectivity index is 1.64. The average Bonchev–Trinajstić information content (AvgIpc) is 2.54. The van der Waals surface area contributed by atoms with Gasteiger partial charge < -0.3 is 10.2 Å². The molecule has 2 rings (SSSR count). The topological polar surface area (TPSA) is 49.4 Å². The molecule has 0 radical (unpaired) electrons. The van der Waals surface area contributed by atoms with E-state index in [1.807, 2.05) is 11.8 Å². The van der Waals surface area contributed by atoms with E-state index in [2.05, 4.69) is 5.32 Å². The highest BCUT2D eigenvalue weighted by atomic mass is 16.2. The van der Waals surface area contributed by atoms with E-state index in [0.29, 0.717) is 12.3 Å². The van der Waals surface area contributed by atoms with Gasteiger partial charge in [0.15, 0.2) is 0 Å². The van der Waals surface area contributed by atoms with Gasteiger partial charge in [-0.3, -0.25) is 9.59 Å². The monoisotopic (exact) mass is 294 g/mol. The minimum absolute atomic E-state index is 0.122. The van der Waals surface area contributed by atoms with Gasteiger partial charge in [-0.25, -0.2) is 0 Å². The number of hydrogen-bond acceptors (Lipinski definition) is 2. The van der Waals surface area contributed by atoms with Gasteiger partial charge in [-0.15, -0.1) is 0 Å². The van der Waals surface area contributed by atoms with Crippen LogP contribution in [0.3, 0.4) is 0 Å². The van der Waals surface area contributed by atoms with Crippen LogP contribution in [0.4, 0.5) is 0 Å². The van der Waals surface area contributed by atoms with Gasteiger partial charge in [-0.05, 0) is 25.2 Å². The van der Waals surface area contributed by atoms with Gasteiger partial charge >= 0.3 is 0 Å². The smallest absolute Gasteiger partial charge is 0.222 e. The average molecular weight is 294 g/mol. The van der Waals surface area contributed by atoms with Gasteiger partial charge in [0.2, 0.25) is 11.8 Å². The lowest BCUT2D eigenvalue weighted by atomic mass is 9.86. The largest absolute Gasteiger partial charge is 0.353 e. The summed E-state index contributed by atoms with van der Waals surface area (Å²) in [7, 11) is 0. The number of carbonyl (C=O) groups is 2. The van der Waals surface area contributed by atoms with Gasteiger partial charge in [0.25, 0.3) is 0 Å². The summed E-state index contributed by atoms with van der Waals surface area (Å²) in [5, 5.41) is 3.03. The lowest BCUT2D eigenvalue weighted by Crippen LogP contribution is -2.46. The zero-order valence-electron chi connectivity index (χ0n) is 13.4. The second kappa shape index (κ2) is 8.40. The quantitative estimate of drug-likeness (QED) is 0.847. The molecule has 0 aromatic rings. The number of likely N-dealkylation sites (tertiary alicyclic amines) is 1. The molecule has 2 fully saturated rings. The SMILES string of the molecule is CCC(=O)NC1CCN(C(=O)CCC2CCCCC2)CC1. The van der Waals surface area contributed by atoms with Gasteiger partial charge in [0.1, 0.15) is 0 Å². The van der Waals surface area contributed by atoms with Crippen molar-refractivity contribution in [1.29, 1.82) is 0 Å². The molecule has 0 aromatic carbocycles. The maximum Gasteiger partial charge on any atom is 0.222 e. The third-order valence-corrected chi connectivity index (χ3v) is 5.03. The highest BCUT2D eigenvalue weighted by molar-refractivity contribution is 5.77. The minimum atomic E-state index is 0.122. The van der Waals surface area contributed by atoms with E-state index in [4.69, 9.17) is 0 Å². The van der Waals surface area contributed by atoms with Crippen molar-refractivity contribution in [1.82, 2.24) is 10.2 Å². The number of nitrogens with one attached hydrogen (secondary N) is 1. The van der Waals surface area contributed by atoms with Crippen LogP contribution in [-0.2, 0) is 9.59 Å². The second-order valence-electron chi connectivity index (χ2n) is 6.62. The van der Waals surface area contributed by atoms with Crippen molar-refractivity contribution >= 4 is 11.8 Å². The Morgan fingerprint density at radius 3 is 2.33 bits per heavy atom. The maximum atomic E-state index is 12.3. The van der Waals surface area contributed by atoms with E-state index in [1.165, 1.54) is 32.1 Å². The maximum absolute atomic E-state index is 12.3. The van der Waals surface area contributed by atoms with Crippen LogP contribution in [-0.4, -0.2) is 35.8 Å². The Morgan fingerprint density at radius 2 is 1.71 bits per heavy atom. The molecule has 0 bridgehead atoms. The molecule has 2 aliphatic rings. The van der Waals surface area contributed by atoms with E-state index in [1.54, 1.807) is 0 Å². The van der Waals surface area contributed by atoms with Crippen LogP contribution in [0.2, 0.25) is 0 Å². The summed E-state index contributed by atoms with van der Waals surface area (Å²) in [5.74, 6) is 1.22. The fraction of sp³-hybridized carbons (Fsp3) is 0.882. The fourth-order valence-corrected chi connectivity index (χ4v) is 3.56. The van der Waals surface area contributed by atoms with Crippen molar-refractivity contribution in [2.45, 2.75) is 77.2 Å². The lowest BCUT2D eigenvalue weighted by molar-refractivity contribution is -0.132. The molecule has 1 N–H and O–H groups in total. The van der Waals surface area contributed by atoms with Crippen LogP contribution in [0.5, 0.6) is 0 Å². The molecule has 0 atom stereocenters. The fourth-order valence-electron chi connectivity index (χ4n) is 3.56. The molecule has 120 valence electrons. The first-order chi connectivity index (χ1) is 10.2. The van der Waals surface area contributed by atoms with E-state index in [-0.39, 0.29) is 11.9 Å². The van der Waals surface area contributed by atoms with Gasteiger partial charge in [0.05, 0.1) is 0 Å². The Bertz CT molecular complexity index is 343. The number of nitrogens with zero attached hydrogens (tertiary/aromatic N) is 1. The van der Waals surface area contributed by atoms with Crippen molar-refractivity contribution < 1.29 is 9.59 Å². The number of rotatable bonds is 5. The molecule has 1 saturated heterocycles. The van der Waals surface area contributed by atoms with E-state index in [0.717, 1.165) is 44.7 Å². The molecule has 1 heterocycles. The van der Waals surface area contributed by atoms with Crippen LogP contribution < -0.4 is 5.32 Å². The molecule has 1 saturated carbocycles. The highest BCUT2D eigenvalue weighted by Gasteiger charge is 2.24. The predicted molar refractivity (Wildman–Crippen MR) is 83.8 cm³/mol. The first-order valence-electron chi connectivity index (χ1n) is 8.76.